The van der Waals surface area contributed by atoms with Gasteiger partial charge in [-0.2, -0.15) is 9.40 Å². The molecule has 1 saturated heterocycles. The number of anilines is 1. The Morgan fingerprint density at radius 3 is 2.44 bits per heavy atom. The van der Waals surface area contributed by atoms with Gasteiger partial charge in [-0.1, -0.05) is 24.3 Å². The van der Waals surface area contributed by atoms with E-state index in [0.717, 1.165) is 10.1 Å². The van der Waals surface area contributed by atoms with E-state index in [2.05, 4.69) is 20.5 Å². The average molecular weight is 683 g/mol. The second-order valence-corrected chi connectivity index (χ2v) is 14.3. The number of benzene rings is 3. The summed E-state index contributed by atoms with van der Waals surface area (Å²) in [5, 5.41) is 11.5. The zero-order valence-electron chi connectivity index (χ0n) is 25.2. The molecular formula is C34H27FN6O5S2. The molecule has 14 heteroatoms. The normalized spacial score (nSPS) is 14.0. The number of sulfonamides is 1. The number of amides is 2. The van der Waals surface area contributed by atoms with Gasteiger partial charge in [-0.05, 0) is 65.5 Å². The van der Waals surface area contributed by atoms with Gasteiger partial charge in [0.25, 0.3) is 17.4 Å². The minimum atomic E-state index is -3.89. The van der Waals surface area contributed by atoms with E-state index in [1.807, 2.05) is 6.07 Å². The third-order valence-corrected chi connectivity index (χ3v) is 11.2. The van der Waals surface area contributed by atoms with Crippen molar-refractivity contribution in [2.45, 2.75) is 11.3 Å². The number of carbonyl (C=O) groups is 2. The molecule has 0 atom stereocenters. The van der Waals surface area contributed by atoms with Crippen molar-refractivity contribution < 1.29 is 22.4 Å². The van der Waals surface area contributed by atoms with E-state index >= 15 is 0 Å². The first-order chi connectivity index (χ1) is 23.2. The monoisotopic (exact) mass is 682 g/mol. The molecule has 1 aliphatic heterocycles. The van der Waals surface area contributed by atoms with Crippen LogP contribution >= 0.6 is 11.3 Å². The van der Waals surface area contributed by atoms with Crippen LogP contribution in [0.3, 0.4) is 0 Å². The van der Waals surface area contributed by atoms with Gasteiger partial charge in [-0.25, -0.2) is 17.9 Å². The molecule has 2 N–H and O–H groups in total. The predicted molar refractivity (Wildman–Crippen MR) is 180 cm³/mol. The zero-order chi connectivity index (χ0) is 33.4. The Kier molecular flexibility index (Phi) is 8.29. The fourth-order valence-corrected chi connectivity index (χ4v) is 8.04. The second-order valence-electron chi connectivity index (χ2n) is 11.2. The number of piperazine rings is 1. The summed E-state index contributed by atoms with van der Waals surface area (Å²) in [5.74, 6) is -1.54. The van der Waals surface area contributed by atoms with Crippen molar-refractivity contribution in [2.75, 3.05) is 31.5 Å². The number of aromatic amines is 1. The van der Waals surface area contributed by atoms with Gasteiger partial charge in [0.2, 0.25) is 10.0 Å². The highest BCUT2D eigenvalue weighted by atomic mass is 32.2. The van der Waals surface area contributed by atoms with Gasteiger partial charge in [0.15, 0.2) is 0 Å². The van der Waals surface area contributed by atoms with Crippen LogP contribution in [0.25, 0.3) is 20.9 Å². The minimum absolute atomic E-state index is 0.0297. The molecule has 0 radical (unpaired) electrons. The molecule has 1 fully saturated rings. The molecule has 0 aliphatic carbocycles. The summed E-state index contributed by atoms with van der Waals surface area (Å²) in [6.45, 7) is 0.212. The van der Waals surface area contributed by atoms with E-state index in [1.54, 1.807) is 48.8 Å². The average Bonchev–Trinajstić information content (AvgIpc) is 3.55. The highest BCUT2D eigenvalue weighted by molar-refractivity contribution is 7.89. The standard InChI is InChI=1S/C34H27FN6O5S2/c35-28-10-5-21(18-29-25-3-1-2-4-26(25)32(42)39-38-29)17-27(28)34(44)40-13-15-41(16-14-40)48(45,46)24-8-6-23(7-9-24)37-33(43)30-19-22-11-12-36-20-31(22)47-30/h1-12,17,19-20H,13-16,18H2,(H,37,43)(H,39,42). The Labute approximate surface area is 277 Å². The van der Waals surface area contributed by atoms with Crippen molar-refractivity contribution in [3.8, 4) is 0 Å². The summed E-state index contributed by atoms with van der Waals surface area (Å²) in [7, 11) is -3.89. The van der Waals surface area contributed by atoms with E-state index in [9.17, 15) is 27.2 Å². The van der Waals surface area contributed by atoms with Crippen molar-refractivity contribution in [3.63, 3.8) is 0 Å². The third-order valence-electron chi connectivity index (χ3n) is 8.23. The first-order valence-corrected chi connectivity index (χ1v) is 17.2. The van der Waals surface area contributed by atoms with Gasteiger partial charge in [0.1, 0.15) is 5.82 Å². The lowest BCUT2D eigenvalue weighted by molar-refractivity contribution is 0.0693. The number of fused-ring (bicyclic) bond motifs is 2. The van der Waals surface area contributed by atoms with Crippen LogP contribution in [-0.2, 0) is 16.4 Å². The summed E-state index contributed by atoms with van der Waals surface area (Å²) in [6, 6.07) is 20.8. The van der Waals surface area contributed by atoms with Crippen molar-refractivity contribution in [2.24, 2.45) is 0 Å². The maximum atomic E-state index is 14.9. The van der Waals surface area contributed by atoms with Crippen molar-refractivity contribution in [3.05, 3.63) is 129 Å². The second kappa shape index (κ2) is 12.7. The van der Waals surface area contributed by atoms with Gasteiger partial charge in [-0.15, -0.1) is 11.3 Å². The smallest absolute Gasteiger partial charge is 0.272 e. The zero-order valence-corrected chi connectivity index (χ0v) is 26.9. The molecule has 0 saturated carbocycles. The van der Waals surface area contributed by atoms with Gasteiger partial charge in [0, 0.05) is 56.1 Å². The Morgan fingerprint density at radius 2 is 1.69 bits per heavy atom. The van der Waals surface area contributed by atoms with E-state index in [-0.39, 0.29) is 54.5 Å². The predicted octanol–water partition coefficient (Wildman–Crippen LogP) is 4.66. The summed E-state index contributed by atoms with van der Waals surface area (Å²) in [4.78, 5) is 44.4. The van der Waals surface area contributed by atoms with Crippen LogP contribution in [0.2, 0.25) is 0 Å². The van der Waals surface area contributed by atoms with Crippen molar-refractivity contribution in [1.82, 2.24) is 24.4 Å². The third kappa shape index (κ3) is 6.08. The highest BCUT2D eigenvalue weighted by Crippen LogP contribution is 2.26. The fourth-order valence-electron chi connectivity index (χ4n) is 5.70. The van der Waals surface area contributed by atoms with E-state index in [0.29, 0.717) is 32.6 Å². The highest BCUT2D eigenvalue weighted by Gasteiger charge is 2.31. The number of nitrogens with one attached hydrogen (secondary N) is 2. The Hall–Kier alpha value is -5.31. The molecule has 0 bridgehead atoms. The SMILES string of the molecule is O=C(Nc1ccc(S(=O)(=O)N2CCN(C(=O)c3cc(Cc4n[nH]c(=O)c5ccccc45)ccc3F)CC2)cc1)c1cc2ccncc2s1. The number of H-pyrrole nitrogens is 1. The first-order valence-electron chi connectivity index (χ1n) is 15.0. The lowest BCUT2D eigenvalue weighted by Crippen LogP contribution is -2.50. The maximum absolute atomic E-state index is 14.9. The summed E-state index contributed by atoms with van der Waals surface area (Å²) >= 11 is 1.31. The van der Waals surface area contributed by atoms with Crippen molar-refractivity contribution in [1.29, 1.82) is 0 Å². The number of thiophene rings is 1. The van der Waals surface area contributed by atoms with Crippen LogP contribution in [-0.4, -0.2) is 70.8 Å². The molecule has 6 aromatic rings. The molecule has 1 aliphatic rings. The molecule has 4 heterocycles. The molecule has 0 unspecified atom stereocenters. The number of pyridine rings is 1. The van der Waals surface area contributed by atoms with Gasteiger partial charge in [0.05, 0.1) is 31.1 Å². The van der Waals surface area contributed by atoms with Gasteiger partial charge >= 0.3 is 0 Å². The van der Waals surface area contributed by atoms with E-state index in [1.165, 1.54) is 56.9 Å². The number of hydrogen-bond donors (Lipinski definition) is 2. The molecule has 242 valence electrons. The summed E-state index contributed by atoms with van der Waals surface area (Å²) in [5.41, 5.74) is 1.22. The largest absolute Gasteiger partial charge is 0.336 e. The van der Waals surface area contributed by atoms with Crippen LogP contribution in [0.5, 0.6) is 0 Å². The first kappa shape index (κ1) is 31.3. The van der Waals surface area contributed by atoms with E-state index < -0.39 is 21.7 Å². The molecule has 48 heavy (non-hydrogen) atoms. The topological polar surface area (TPSA) is 145 Å². The number of aromatic nitrogens is 3. The molecule has 3 aromatic heterocycles. The molecule has 2 amide bonds. The molecule has 7 rings (SSSR count). The lowest BCUT2D eigenvalue weighted by Gasteiger charge is -2.34. The minimum Gasteiger partial charge on any atom is -0.336 e. The number of halogens is 1. The quantitative estimate of drug-likeness (QED) is 0.249. The number of hydrogen-bond acceptors (Lipinski definition) is 8. The van der Waals surface area contributed by atoms with Crippen LogP contribution in [0.4, 0.5) is 10.1 Å². The molecular weight excluding hydrogens is 656 g/mol. The van der Waals surface area contributed by atoms with E-state index in [4.69, 9.17) is 0 Å². The van der Waals surface area contributed by atoms with Crippen LogP contribution in [0.1, 0.15) is 31.3 Å². The fraction of sp³-hybridized carbons (Fsp3) is 0.147. The maximum Gasteiger partial charge on any atom is 0.272 e. The Morgan fingerprint density at radius 1 is 0.938 bits per heavy atom. The Bertz CT molecular complexity index is 2340. The van der Waals surface area contributed by atoms with Crippen LogP contribution in [0.15, 0.2) is 101 Å². The lowest BCUT2D eigenvalue weighted by atomic mass is 10.0. The van der Waals surface area contributed by atoms with Gasteiger partial charge in [-0.3, -0.25) is 19.4 Å². The van der Waals surface area contributed by atoms with Gasteiger partial charge < -0.3 is 10.2 Å². The summed E-state index contributed by atoms with van der Waals surface area (Å²) < 4.78 is 43.9. The molecule has 11 nitrogen and oxygen atoms in total. The number of carbonyl (C=O) groups excluding carboxylic acids is 2. The summed E-state index contributed by atoms with van der Waals surface area (Å²) in [6.07, 6.45) is 3.61. The number of rotatable bonds is 7. The molecule has 0 spiro atoms. The number of nitrogens with zero attached hydrogens (tertiary/aromatic N) is 4. The van der Waals surface area contributed by atoms with Crippen LogP contribution in [0, 0.1) is 5.82 Å². The Balaban J connectivity index is 0.995. The van der Waals surface area contributed by atoms with Crippen molar-refractivity contribution >= 4 is 59.7 Å². The molecule has 3 aromatic carbocycles. The van der Waals surface area contributed by atoms with Crippen LogP contribution < -0.4 is 10.9 Å².